The molecular weight excluding hydrogens is 324 g/mol. The molecular formula is C21H28N4O. The number of rotatable bonds is 5. The Bertz CT molecular complexity index is 866. The first-order valence-electron chi connectivity index (χ1n) is 8.98. The third kappa shape index (κ3) is 4.22. The summed E-state index contributed by atoms with van der Waals surface area (Å²) in [4.78, 5) is 7.81. The van der Waals surface area contributed by atoms with E-state index in [0.29, 0.717) is 6.42 Å². The van der Waals surface area contributed by atoms with Crippen LogP contribution in [-0.4, -0.2) is 24.9 Å². The van der Waals surface area contributed by atoms with E-state index in [2.05, 4.69) is 35.8 Å². The number of nitrogens with zero attached hydrogens (tertiary/aromatic N) is 3. The van der Waals surface area contributed by atoms with E-state index in [0.717, 1.165) is 34.8 Å². The predicted octanol–water partition coefficient (Wildman–Crippen LogP) is 3.85. The van der Waals surface area contributed by atoms with Crippen molar-refractivity contribution in [1.29, 1.82) is 0 Å². The number of aromatic nitrogens is 4. The minimum Gasteiger partial charge on any atom is -0.385 e. The molecule has 2 heterocycles. The fraction of sp³-hybridized carbons (Fsp3) is 0.429. The molecule has 0 amide bonds. The van der Waals surface area contributed by atoms with E-state index in [4.69, 9.17) is 0 Å². The monoisotopic (exact) mass is 352 g/mol. The van der Waals surface area contributed by atoms with Crippen LogP contribution in [0.1, 0.15) is 44.8 Å². The molecule has 0 radical (unpaired) electrons. The number of hydrogen-bond acceptors (Lipinski definition) is 3. The third-order valence-electron chi connectivity index (χ3n) is 4.54. The molecule has 0 aliphatic carbocycles. The number of aliphatic hydroxyl groups is 1. The van der Waals surface area contributed by atoms with E-state index in [-0.39, 0.29) is 5.41 Å². The van der Waals surface area contributed by atoms with Crippen molar-refractivity contribution in [2.45, 2.75) is 46.1 Å². The number of benzene rings is 1. The second-order valence-corrected chi connectivity index (χ2v) is 8.46. The van der Waals surface area contributed by atoms with Gasteiger partial charge in [-0.3, -0.25) is 4.68 Å². The van der Waals surface area contributed by atoms with Gasteiger partial charge in [0.15, 0.2) is 0 Å². The van der Waals surface area contributed by atoms with E-state index in [1.54, 1.807) is 6.20 Å². The molecule has 138 valence electrons. The van der Waals surface area contributed by atoms with Gasteiger partial charge in [-0.05, 0) is 36.0 Å². The van der Waals surface area contributed by atoms with Crippen LogP contribution < -0.4 is 0 Å². The number of H-pyrrole nitrogens is 1. The van der Waals surface area contributed by atoms with Crippen LogP contribution in [0.3, 0.4) is 0 Å². The van der Waals surface area contributed by atoms with Crippen molar-refractivity contribution in [3.05, 3.63) is 59.8 Å². The molecule has 0 aliphatic heterocycles. The SMILES string of the molecule is Cn1nccc1-c1ccc(C(C)(O)Cc2ncc(CC(C)(C)C)[nH]2)cc1. The fourth-order valence-corrected chi connectivity index (χ4v) is 3.24. The van der Waals surface area contributed by atoms with Crippen LogP contribution >= 0.6 is 0 Å². The second-order valence-electron chi connectivity index (χ2n) is 8.46. The Hall–Kier alpha value is -2.40. The largest absolute Gasteiger partial charge is 0.385 e. The summed E-state index contributed by atoms with van der Waals surface area (Å²) in [6.45, 7) is 8.44. The average Bonchev–Trinajstić information content (AvgIpc) is 3.14. The summed E-state index contributed by atoms with van der Waals surface area (Å²) >= 11 is 0. The molecule has 0 saturated heterocycles. The molecule has 0 bridgehead atoms. The summed E-state index contributed by atoms with van der Waals surface area (Å²) < 4.78 is 1.84. The highest BCUT2D eigenvalue weighted by molar-refractivity contribution is 5.59. The van der Waals surface area contributed by atoms with Crippen LogP contribution in [0.2, 0.25) is 0 Å². The second kappa shape index (κ2) is 6.72. The first-order chi connectivity index (χ1) is 12.1. The maximum absolute atomic E-state index is 11.0. The highest BCUT2D eigenvalue weighted by Crippen LogP contribution is 2.28. The Labute approximate surface area is 155 Å². The smallest absolute Gasteiger partial charge is 0.109 e. The van der Waals surface area contributed by atoms with E-state index >= 15 is 0 Å². The van der Waals surface area contributed by atoms with Gasteiger partial charge in [0.1, 0.15) is 5.82 Å². The molecule has 3 aromatic rings. The summed E-state index contributed by atoms with van der Waals surface area (Å²) in [6, 6.07) is 9.97. The molecule has 0 spiro atoms. The van der Waals surface area contributed by atoms with Crippen molar-refractivity contribution in [3.63, 3.8) is 0 Å². The highest BCUT2D eigenvalue weighted by atomic mass is 16.3. The van der Waals surface area contributed by atoms with Gasteiger partial charge in [-0.2, -0.15) is 5.10 Å². The topological polar surface area (TPSA) is 66.7 Å². The van der Waals surface area contributed by atoms with Crippen molar-refractivity contribution in [2.24, 2.45) is 12.5 Å². The summed E-state index contributed by atoms with van der Waals surface area (Å²) in [5.41, 5.74) is 3.33. The van der Waals surface area contributed by atoms with Gasteiger partial charge in [0.2, 0.25) is 0 Å². The summed E-state index contributed by atoms with van der Waals surface area (Å²) in [6.07, 6.45) is 5.04. The highest BCUT2D eigenvalue weighted by Gasteiger charge is 2.25. The van der Waals surface area contributed by atoms with Crippen LogP contribution in [0.4, 0.5) is 0 Å². The average molecular weight is 352 g/mol. The number of hydrogen-bond donors (Lipinski definition) is 2. The molecule has 2 aromatic heterocycles. The molecule has 0 fully saturated rings. The zero-order chi connectivity index (χ0) is 18.9. The lowest BCUT2D eigenvalue weighted by molar-refractivity contribution is 0.0556. The molecule has 1 atom stereocenters. The molecule has 5 nitrogen and oxygen atoms in total. The van der Waals surface area contributed by atoms with Gasteiger partial charge in [0, 0.05) is 31.6 Å². The van der Waals surface area contributed by atoms with E-state index in [1.165, 1.54) is 0 Å². The summed E-state index contributed by atoms with van der Waals surface area (Å²) in [7, 11) is 1.92. The molecule has 26 heavy (non-hydrogen) atoms. The Morgan fingerprint density at radius 1 is 1.04 bits per heavy atom. The number of aromatic amines is 1. The molecule has 3 rings (SSSR count). The van der Waals surface area contributed by atoms with E-state index in [1.807, 2.05) is 55.2 Å². The molecule has 0 aliphatic rings. The fourth-order valence-electron chi connectivity index (χ4n) is 3.24. The van der Waals surface area contributed by atoms with Crippen molar-refractivity contribution >= 4 is 0 Å². The Kier molecular flexibility index (Phi) is 4.76. The summed E-state index contributed by atoms with van der Waals surface area (Å²) in [5.74, 6) is 0.810. The van der Waals surface area contributed by atoms with Gasteiger partial charge < -0.3 is 10.1 Å². The zero-order valence-electron chi connectivity index (χ0n) is 16.2. The van der Waals surface area contributed by atoms with Crippen molar-refractivity contribution in [2.75, 3.05) is 0 Å². The van der Waals surface area contributed by atoms with Gasteiger partial charge in [-0.25, -0.2) is 4.98 Å². The maximum atomic E-state index is 11.0. The molecule has 2 N–H and O–H groups in total. The van der Waals surface area contributed by atoms with Crippen LogP contribution in [0.25, 0.3) is 11.3 Å². The van der Waals surface area contributed by atoms with Crippen molar-refractivity contribution in [1.82, 2.24) is 19.7 Å². The van der Waals surface area contributed by atoms with E-state index < -0.39 is 5.60 Å². The van der Waals surface area contributed by atoms with Crippen LogP contribution in [0.5, 0.6) is 0 Å². The van der Waals surface area contributed by atoms with Gasteiger partial charge in [0.25, 0.3) is 0 Å². The number of nitrogens with one attached hydrogen (secondary N) is 1. The number of aryl methyl sites for hydroxylation is 1. The standard InChI is InChI=1S/C21H28N4O/c1-20(2,3)12-17-14-22-19(24-17)13-21(4,26)16-8-6-15(7-9-16)18-10-11-23-25(18)5/h6-11,14,26H,12-13H2,1-5H3,(H,22,24). The first-order valence-corrected chi connectivity index (χ1v) is 8.98. The van der Waals surface area contributed by atoms with Crippen LogP contribution in [0.15, 0.2) is 42.7 Å². The lowest BCUT2D eigenvalue weighted by Crippen LogP contribution is -2.25. The van der Waals surface area contributed by atoms with Gasteiger partial charge in [0.05, 0.1) is 11.3 Å². The normalized spacial score (nSPS) is 14.4. The molecule has 1 unspecified atom stereocenters. The Morgan fingerprint density at radius 3 is 2.31 bits per heavy atom. The Balaban J connectivity index is 1.75. The first kappa shape index (κ1) is 18.4. The van der Waals surface area contributed by atoms with Crippen molar-refractivity contribution < 1.29 is 5.11 Å². The molecule has 0 saturated carbocycles. The van der Waals surface area contributed by atoms with E-state index in [9.17, 15) is 5.11 Å². The lowest BCUT2D eigenvalue weighted by atomic mass is 9.90. The van der Waals surface area contributed by atoms with Crippen LogP contribution in [0, 0.1) is 5.41 Å². The third-order valence-corrected chi connectivity index (χ3v) is 4.54. The Morgan fingerprint density at radius 2 is 1.73 bits per heavy atom. The van der Waals surface area contributed by atoms with Gasteiger partial charge in [-0.1, -0.05) is 45.0 Å². The summed E-state index contributed by atoms with van der Waals surface area (Å²) in [5, 5.41) is 15.2. The van der Waals surface area contributed by atoms with Gasteiger partial charge >= 0.3 is 0 Å². The van der Waals surface area contributed by atoms with Crippen molar-refractivity contribution in [3.8, 4) is 11.3 Å². The predicted molar refractivity (Wildman–Crippen MR) is 104 cm³/mol. The minimum atomic E-state index is -0.984. The molecule has 1 aromatic carbocycles. The lowest BCUT2D eigenvalue weighted by Gasteiger charge is -2.23. The number of imidazole rings is 1. The quantitative estimate of drug-likeness (QED) is 0.733. The minimum absolute atomic E-state index is 0.202. The maximum Gasteiger partial charge on any atom is 0.109 e. The molecule has 5 heteroatoms. The van der Waals surface area contributed by atoms with Crippen LogP contribution in [-0.2, 0) is 25.5 Å². The van der Waals surface area contributed by atoms with Gasteiger partial charge in [-0.15, -0.1) is 0 Å². The zero-order valence-corrected chi connectivity index (χ0v) is 16.2.